The molecule has 7 heteroatoms. The Labute approximate surface area is 194 Å². The van der Waals surface area contributed by atoms with Crippen molar-refractivity contribution in [3.8, 4) is 0 Å². The minimum absolute atomic E-state index is 0.127. The lowest BCUT2D eigenvalue weighted by atomic mass is 9.94. The molecule has 2 amide bonds. The summed E-state index contributed by atoms with van der Waals surface area (Å²) in [6.07, 6.45) is 6.37. The van der Waals surface area contributed by atoms with E-state index in [2.05, 4.69) is 28.6 Å². The molecule has 0 saturated heterocycles. The number of rotatable bonds is 9. The zero-order chi connectivity index (χ0) is 22.9. The molecule has 0 spiro atoms. The second-order valence-corrected chi connectivity index (χ2v) is 9.69. The third-order valence-corrected chi connectivity index (χ3v) is 7.00. The summed E-state index contributed by atoms with van der Waals surface area (Å²) in [4.78, 5) is 27.3. The van der Waals surface area contributed by atoms with Crippen LogP contribution in [0, 0.1) is 5.82 Å². The molecule has 2 N–H and O–H groups in total. The van der Waals surface area contributed by atoms with Crippen molar-refractivity contribution in [2.24, 2.45) is 0 Å². The summed E-state index contributed by atoms with van der Waals surface area (Å²) in [5, 5.41) is 5.36. The molecule has 0 aliphatic heterocycles. The van der Waals surface area contributed by atoms with E-state index in [1.165, 1.54) is 68.1 Å². The number of hydrogen-bond donors (Lipinski definition) is 2. The van der Waals surface area contributed by atoms with E-state index in [0.717, 1.165) is 17.8 Å². The number of nitrogens with zero attached hydrogens (tertiary/aromatic N) is 1. The second-order valence-electron chi connectivity index (χ2n) is 8.36. The van der Waals surface area contributed by atoms with Crippen LogP contribution in [0.15, 0.2) is 48.5 Å². The van der Waals surface area contributed by atoms with E-state index in [-0.39, 0.29) is 23.4 Å². The fourth-order valence-electron chi connectivity index (χ4n) is 3.94. The van der Waals surface area contributed by atoms with E-state index in [4.69, 9.17) is 0 Å². The van der Waals surface area contributed by atoms with Crippen molar-refractivity contribution in [3.05, 3.63) is 59.9 Å². The van der Waals surface area contributed by atoms with Crippen LogP contribution in [0.4, 0.5) is 15.8 Å². The Morgan fingerprint density at radius 3 is 2.47 bits per heavy atom. The van der Waals surface area contributed by atoms with Crippen molar-refractivity contribution < 1.29 is 14.0 Å². The monoisotopic (exact) mass is 457 g/mol. The van der Waals surface area contributed by atoms with Crippen molar-refractivity contribution in [3.63, 3.8) is 0 Å². The van der Waals surface area contributed by atoms with E-state index in [1.807, 2.05) is 18.2 Å². The lowest BCUT2D eigenvalue weighted by Gasteiger charge is -2.31. The van der Waals surface area contributed by atoms with Gasteiger partial charge in [-0.25, -0.2) is 4.39 Å². The molecule has 1 aliphatic carbocycles. The molecule has 0 heterocycles. The van der Waals surface area contributed by atoms with Gasteiger partial charge >= 0.3 is 0 Å². The summed E-state index contributed by atoms with van der Waals surface area (Å²) in [5.74, 6) is -0.570. The molecule has 1 atom stereocenters. The molecule has 5 nitrogen and oxygen atoms in total. The van der Waals surface area contributed by atoms with Gasteiger partial charge in [0.05, 0.1) is 11.0 Å². The number of nitrogens with one attached hydrogen (secondary N) is 2. The van der Waals surface area contributed by atoms with Crippen molar-refractivity contribution in [2.45, 2.75) is 56.9 Å². The maximum atomic E-state index is 13.0. The zero-order valence-electron chi connectivity index (χ0n) is 18.8. The molecule has 1 saturated carbocycles. The van der Waals surface area contributed by atoms with Gasteiger partial charge in [0.1, 0.15) is 5.82 Å². The van der Waals surface area contributed by atoms with E-state index in [9.17, 15) is 14.0 Å². The first kappa shape index (κ1) is 24.3. The average Bonchev–Trinajstić information content (AvgIpc) is 2.80. The number of benzene rings is 2. The Balaban J connectivity index is 1.50. The smallest absolute Gasteiger partial charge is 0.237 e. The fourth-order valence-corrected chi connectivity index (χ4v) is 4.62. The molecule has 2 aromatic rings. The lowest BCUT2D eigenvalue weighted by molar-refractivity contribution is -0.115. The highest BCUT2D eigenvalue weighted by Crippen LogP contribution is 2.25. The number of carbonyl (C=O) groups is 2. The minimum atomic E-state index is -0.391. The summed E-state index contributed by atoms with van der Waals surface area (Å²) in [6.45, 7) is 2.59. The lowest BCUT2D eigenvalue weighted by Crippen LogP contribution is -2.33. The first-order valence-corrected chi connectivity index (χ1v) is 12.2. The van der Waals surface area contributed by atoms with Gasteiger partial charge in [0.25, 0.3) is 0 Å². The van der Waals surface area contributed by atoms with E-state index in [1.54, 1.807) is 6.92 Å². The maximum absolute atomic E-state index is 13.0. The van der Waals surface area contributed by atoms with Gasteiger partial charge in [-0.2, -0.15) is 0 Å². The molecule has 172 valence electrons. The predicted octanol–water partition coefficient (Wildman–Crippen LogP) is 5.29. The summed E-state index contributed by atoms with van der Waals surface area (Å²) < 4.78 is 13.0. The molecule has 3 rings (SSSR count). The number of para-hydroxylation sites is 1. The zero-order valence-corrected chi connectivity index (χ0v) is 19.6. The normalized spacial score (nSPS) is 15.4. The minimum Gasteiger partial charge on any atom is -0.325 e. The van der Waals surface area contributed by atoms with Crippen LogP contribution in [0.5, 0.6) is 0 Å². The van der Waals surface area contributed by atoms with Gasteiger partial charge < -0.3 is 10.6 Å². The van der Waals surface area contributed by atoms with Gasteiger partial charge in [-0.3, -0.25) is 14.5 Å². The van der Waals surface area contributed by atoms with Crippen molar-refractivity contribution >= 4 is 35.0 Å². The highest BCUT2D eigenvalue weighted by molar-refractivity contribution is 8.01. The van der Waals surface area contributed by atoms with E-state index < -0.39 is 5.25 Å². The van der Waals surface area contributed by atoms with E-state index in [0.29, 0.717) is 11.7 Å². The van der Waals surface area contributed by atoms with Crippen molar-refractivity contribution in [2.75, 3.05) is 23.4 Å². The van der Waals surface area contributed by atoms with Crippen LogP contribution in [0.2, 0.25) is 0 Å². The Bertz CT molecular complexity index is 900. The topological polar surface area (TPSA) is 61.4 Å². The first-order valence-electron chi connectivity index (χ1n) is 11.2. The number of thioether (sulfide) groups is 1. The largest absolute Gasteiger partial charge is 0.325 e. The van der Waals surface area contributed by atoms with Gasteiger partial charge in [0, 0.05) is 24.0 Å². The number of anilines is 2. The summed E-state index contributed by atoms with van der Waals surface area (Å²) in [7, 11) is 2.16. The molecule has 2 aromatic carbocycles. The third kappa shape index (κ3) is 7.35. The number of amides is 2. The van der Waals surface area contributed by atoms with Crippen LogP contribution < -0.4 is 10.6 Å². The molecular formula is C25H32FN3O2S. The predicted molar refractivity (Wildman–Crippen MR) is 130 cm³/mol. The van der Waals surface area contributed by atoms with Crippen LogP contribution in [-0.4, -0.2) is 40.8 Å². The number of hydrogen-bond acceptors (Lipinski definition) is 4. The second kappa shape index (κ2) is 12.0. The SMILES string of the molecule is CC(SCC(=O)Nc1ccc(F)cc1)C(=O)Nc1ccccc1CN(C)C1CCCCC1. The first-order chi connectivity index (χ1) is 15.4. The molecular weight excluding hydrogens is 425 g/mol. The van der Waals surface area contributed by atoms with Gasteiger partial charge in [0.15, 0.2) is 0 Å². The molecule has 1 unspecified atom stereocenters. The Morgan fingerprint density at radius 1 is 1.06 bits per heavy atom. The van der Waals surface area contributed by atoms with Gasteiger partial charge in [-0.1, -0.05) is 37.5 Å². The van der Waals surface area contributed by atoms with Crippen molar-refractivity contribution in [1.82, 2.24) is 4.90 Å². The molecule has 1 fully saturated rings. The van der Waals surface area contributed by atoms with Crippen LogP contribution in [0.25, 0.3) is 0 Å². The van der Waals surface area contributed by atoms with Crippen molar-refractivity contribution in [1.29, 1.82) is 0 Å². The Kier molecular flexibility index (Phi) is 9.11. The highest BCUT2D eigenvalue weighted by atomic mass is 32.2. The van der Waals surface area contributed by atoms with Gasteiger partial charge in [-0.05, 0) is 62.7 Å². The number of halogens is 1. The quantitative estimate of drug-likeness (QED) is 0.537. The standard InChI is InChI=1S/C25H32FN3O2S/c1-18(32-17-24(30)27-21-14-12-20(26)13-15-21)25(31)28-23-11-7-6-8-19(23)16-29(2)22-9-4-3-5-10-22/h6-8,11-15,18,22H,3-5,9-10,16-17H2,1-2H3,(H,27,30)(H,28,31). The third-order valence-electron chi connectivity index (χ3n) is 5.85. The van der Waals surface area contributed by atoms with E-state index >= 15 is 0 Å². The van der Waals surface area contributed by atoms with Crippen LogP contribution in [-0.2, 0) is 16.1 Å². The number of carbonyl (C=O) groups excluding carboxylic acids is 2. The summed E-state index contributed by atoms with van der Waals surface area (Å²) in [6, 6.07) is 14.1. The molecule has 0 radical (unpaired) electrons. The van der Waals surface area contributed by atoms with Gasteiger partial charge in [0.2, 0.25) is 11.8 Å². The summed E-state index contributed by atoms with van der Waals surface area (Å²) in [5.41, 5.74) is 2.45. The molecule has 1 aliphatic rings. The average molecular weight is 458 g/mol. The van der Waals surface area contributed by atoms with Crippen LogP contribution >= 0.6 is 11.8 Å². The fraction of sp³-hybridized carbons (Fsp3) is 0.440. The van der Waals surface area contributed by atoms with Crippen LogP contribution in [0.1, 0.15) is 44.6 Å². The Morgan fingerprint density at radius 2 is 1.75 bits per heavy atom. The highest BCUT2D eigenvalue weighted by Gasteiger charge is 2.20. The summed E-state index contributed by atoms with van der Waals surface area (Å²) >= 11 is 1.27. The Hall–Kier alpha value is -2.38. The maximum Gasteiger partial charge on any atom is 0.237 e. The molecule has 0 bridgehead atoms. The van der Waals surface area contributed by atoms with Gasteiger partial charge in [-0.15, -0.1) is 11.8 Å². The van der Waals surface area contributed by atoms with Crippen LogP contribution in [0.3, 0.4) is 0 Å². The molecule has 0 aromatic heterocycles. The molecule has 32 heavy (non-hydrogen) atoms.